The summed E-state index contributed by atoms with van der Waals surface area (Å²) in [6.45, 7) is 2.22. The number of hydrogen-bond donors (Lipinski definition) is 1. The molecular formula is C19H30O. The van der Waals surface area contributed by atoms with Gasteiger partial charge in [-0.15, -0.1) is 0 Å². The molecular weight excluding hydrogens is 244 g/mol. The van der Waals surface area contributed by atoms with Crippen molar-refractivity contribution < 1.29 is 5.11 Å². The van der Waals surface area contributed by atoms with Gasteiger partial charge in [0.1, 0.15) is 0 Å². The standard InChI is InChI=1S/C19H30O/c1-2-3-4-8-11-19(20)18-14-12-17(13-15-18)16-9-6-5-7-10-16/h12-16,19-20H,2-11H2,1H3. The third-order valence-electron chi connectivity index (χ3n) is 4.73. The van der Waals surface area contributed by atoms with Gasteiger partial charge in [-0.05, 0) is 36.3 Å². The first-order valence-corrected chi connectivity index (χ1v) is 8.59. The second-order valence-electron chi connectivity index (χ2n) is 6.37. The summed E-state index contributed by atoms with van der Waals surface area (Å²) in [4.78, 5) is 0. The van der Waals surface area contributed by atoms with E-state index >= 15 is 0 Å². The van der Waals surface area contributed by atoms with Crippen LogP contribution >= 0.6 is 0 Å². The zero-order valence-corrected chi connectivity index (χ0v) is 13.0. The van der Waals surface area contributed by atoms with Crippen LogP contribution in [0.5, 0.6) is 0 Å². The highest BCUT2D eigenvalue weighted by Gasteiger charge is 2.15. The van der Waals surface area contributed by atoms with Crippen molar-refractivity contribution in [3.63, 3.8) is 0 Å². The SMILES string of the molecule is CCCCCCC(O)c1ccc(C2CCCCC2)cc1. The largest absolute Gasteiger partial charge is 0.388 e. The molecule has 0 spiro atoms. The molecule has 1 fully saturated rings. The smallest absolute Gasteiger partial charge is 0.0790 e. The van der Waals surface area contributed by atoms with Gasteiger partial charge < -0.3 is 5.11 Å². The highest BCUT2D eigenvalue weighted by atomic mass is 16.3. The van der Waals surface area contributed by atoms with Crippen molar-refractivity contribution in [1.29, 1.82) is 0 Å². The number of unbranched alkanes of at least 4 members (excludes halogenated alkanes) is 3. The molecule has 0 aromatic heterocycles. The van der Waals surface area contributed by atoms with E-state index < -0.39 is 0 Å². The summed E-state index contributed by atoms with van der Waals surface area (Å²) in [5.74, 6) is 0.763. The van der Waals surface area contributed by atoms with Gasteiger partial charge in [-0.25, -0.2) is 0 Å². The van der Waals surface area contributed by atoms with Gasteiger partial charge in [-0.3, -0.25) is 0 Å². The molecule has 0 bridgehead atoms. The van der Waals surface area contributed by atoms with E-state index in [1.165, 1.54) is 56.9 Å². The zero-order valence-electron chi connectivity index (χ0n) is 13.0. The maximum absolute atomic E-state index is 10.2. The summed E-state index contributed by atoms with van der Waals surface area (Å²) in [6.07, 6.45) is 12.4. The molecule has 1 aromatic carbocycles. The van der Waals surface area contributed by atoms with E-state index in [9.17, 15) is 5.11 Å². The third kappa shape index (κ3) is 4.63. The Morgan fingerprint density at radius 2 is 1.70 bits per heavy atom. The zero-order chi connectivity index (χ0) is 14.2. The van der Waals surface area contributed by atoms with Crippen LogP contribution in [0.1, 0.15) is 94.3 Å². The molecule has 0 amide bonds. The lowest BCUT2D eigenvalue weighted by atomic mass is 9.83. The third-order valence-corrected chi connectivity index (χ3v) is 4.73. The second-order valence-corrected chi connectivity index (χ2v) is 6.37. The van der Waals surface area contributed by atoms with Crippen LogP contribution in [0.15, 0.2) is 24.3 Å². The Bertz CT molecular complexity index is 362. The summed E-state index contributed by atoms with van der Waals surface area (Å²) in [5, 5.41) is 10.2. The molecule has 1 aromatic rings. The van der Waals surface area contributed by atoms with E-state index in [1.54, 1.807) is 0 Å². The topological polar surface area (TPSA) is 20.2 Å². The van der Waals surface area contributed by atoms with E-state index in [0.717, 1.165) is 24.3 Å². The molecule has 0 radical (unpaired) electrons. The molecule has 1 nitrogen and oxygen atoms in total. The van der Waals surface area contributed by atoms with E-state index in [2.05, 4.69) is 31.2 Å². The lowest BCUT2D eigenvalue weighted by Gasteiger charge is -2.22. The van der Waals surface area contributed by atoms with E-state index in [-0.39, 0.29) is 6.10 Å². The van der Waals surface area contributed by atoms with E-state index in [0.29, 0.717) is 0 Å². The molecule has 0 heterocycles. The molecule has 1 saturated carbocycles. The van der Waals surface area contributed by atoms with Crippen molar-refractivity contribution in [2.45, 2.75) is 83.2 Å². The van der Waals surface area contributed by atoms with Crippen molar-refractivity contribution in [1.82, 2.24) is 0 Å². The van der Waals surface area contributed by atoms with Gasteiger partial charge in [-0.2, -0.15) is 0 Å². The maximum atomic E-state index is 10.2. The van der Waals surface area contributed by atoms with Crippen LogP contribution in [-0.4, -0.2) is 5.11 Å². The first kappa shape index (κ1) is 15.6. The quantitative estimate of drug-likeness (QED) is 0.629. The normalized spacial score (nSPS) is 18.1. The van der Waals surface area contributed by atoms with Gasteiger partial charge in [0.25, 0.3) is 0 Å². The van der Waals surface area contributed by atoms with Crippen LogP contribution in [0.4, 0.5) is 0 Å². The molecule has 2 rings (SSSR count). The Hall–Kier alpha value is -0.820. The average molecular weight is 274 g/mol. The fourth-order valence-electron chi connectivity index (χ4n) is 3.36. The van der Waals surface area contributed by atoms with Crippen LogP contribution in [0, 0.1) is 0 Å². The lowest BCUT2D eigenvalue weighted by Crippen LogP contribution is -2.05. The number of aliphatic hydroxyl groups excluding tert-OH is 1. The molecule has 1 aliphatic rings. The number of hydrogen-bond acceptors (Lipinski definition) is 1. The minimum Gasteiger partial charge on any atom is -0.388 e. The van der Waals surface area contributed by atoms with E-state index in [4.69, 9.17) is 0 Å². The number of aliphatic hydroxyl groups is 1. The van der Waals surface area contributed by atoms with Crippen LogP contribution < -0.4 is 0 Å². The Morgan fingerprint density at radius 3 is 2.35 bits per heavy atom. The second kappa shape index (κ2) is 8.46. The average Bonchev–Trinajstić information content (AvgIpc) is 2.52. The first-order valence-electron chi connectivity index (χ1n) is 8.59. The predicted octanol–water partition coefficient (Wildman–Crippen LogP) is 5.74. The highest BCUT2D eigenvalue weighted by molar-refractivity contribution is 5.27. The minimum absolute atomic E-state index is 0.271. The molecule has 20 heavy (non-hydrogen) atoms. The molecule has 1 heteroatoms. The molecule has 0 saturated heterocycles. The van der Waals surface area contributed by atoms with Gasteiger partial charge in [0, 0.05) is 0 Å². The molecule has 1 N–H and O–H groups in total. The summed E-state index contributed by atoms with van der Waals surface area (Å²) < 4.78 is 0. The molecule has 1 unspecified atom stereocenters. The monoisotopic (exact) mass is 274 g/mol. The van der Waals surface area contributed by atoms with Crippen molar-refractivity contribution in [2.75, 3.05) is 0 Å². The van der Waals surface area contributed by atoms with Gasteiger partial charge in [-0.1, -0.05) is 76.1 Å². The first-order chi connectivity index (χ1) is 9.81. The number of rotatable bonds is 7. The van der Waals surface area contributed by atoms with Crippen LogP contribution in [-0.2, 0) is 0 Å². The van der Waals surface area contributed by atoms with Crippen molar-refractivity contribution in [3.8, 4) is 0 Å². The van der Waals surface area contributed by atoms with Gasteiger partial charge in [0.2, 0.25) is 0 Å². The van der Waals surface area contributed by atoms with Crippen molar-refractivity contribution in [3.05, 3.63) is 35.4 Å². The number of benzene rings is 1. The van der Waals surface area contributed by atoms with Gasteiger partial charge in [0.05, 0.1) is 6.10 Å². The summed E-state index contributed by atoms with van der Waals surface area (Å²) in [7, 11) is 0. The molecule has 1 atom stereocenters. The van der Waals surface area contributed by atoms with Crippen molar-refractivity contribution >= 4 is 0 Å². The van der Waals surface area contributed by atoms with Crippen LogP contribution in [0.2, 0.25) is 0 Å². The van der Waals surface area contributed by atoms with Gasteiger partial charge in [0.15, 0.2) is 0 Å². The predicted molar refractivity (Wildman–Crippen MR) is 86.0 cm³/mol. The van der Waals surface area contributed by atoms with Crippen LogP contribution in [0.3, 0.4) is 0 Å². The summed E-state index contributed by atoms with van der Waals surface area (Å²) in [6, 6.07) is 8.80. The van der Waals surface area contributed by atoms with E-state index in [1.807, 2.05) is 0 Å². The fourth-order valence-corrected chi connectivity index (χ4v) is 3.36. The Balaban J connectivity index is 1.83. The van der Waals surface area contributed by atoms with Gasteiger partial charge >= 0.3 is 0 Å². The molecule has 1 aliphatic carbocycles. The van der Waals surface area contributed by atoms with Crippen molar-refractivity contribution in [2.24, 2.45) is 0 Å². The summed E-state index contributed by atoms with van der Waals surface area (Å²) in [5.41, 5.74) is 2.58. The maximum Gasteiger partial charge on any atom is 0.0790 e. The highest BCUT2D eigenvalue weighted by Crippen LogP contribution is 2.33. The lowest BCUT2D eigenvalue weighted by molar-refractivity contribution is 0.163. The Kier molecular flexibility index (Phi) is 6.59. The Labute approximate surface area is 124 Å². The Morgan fingerprint density at radius 1 is 1.00 bits per heavy atom. The molecule has 112 valence electrons. The summed E-state index contributed by atoms with van der Waals surface area (Å²) >= 11 is 0. The fraction of sp³-hybridized carbons (Fsp3) is 0.684. The van der Waals surface area contributed by atoms with Crippen LogP contribution in [0.25, 0.3) is 0 Å². The minimum atomic E-state index is -0.271. The molecule has 0 aliphatic heterocycles.